The summed E-state index contributed by atoms with van der Waals surface area (Å²) >= 11 is 0. The van der Waals surface area contributed by atoms with Gasteiger partial charge in [0.1, 0.15) is 6.04 Å². The fourth-order valence-electron chi connectivity index (χ4n) is 2.42. The Morgan fingerprint density at radius 1 is 1.44 bits per heavy atom. The molecule has 86 valence electrons. The van der Waals surface area contributed by atoms with Crippen LogP contribution in [-0.4, -0.2) is 28.6 Å². The molecule has 3 nitrogen and oxygen atoms in total. The van der Waals surface area contributed by atoms with Crippen LogP contribution in [0.2, 0.25) is 0 Å². The molecule has 0 bridgehead atoms. The number of fused-ring (bicyclic) bond motifs is 1. The number of carboxylic acid groups (broad SMARTS) is 1. The van der Waals surface area contributed by atoms with E-state index >= 15 is 0 Å². The van der Waals surface area contributed by atoms with Crippen LogP contribution in [0.1, 0.15) is 31.0 Å². The maximum Gasteiger partial charge on any atom is 0.325 e. The van der Waals surface area contributed by atoms with E-state index < -0.39 is 12.0 Å². The standard InChI is InChI=1S/C13H17NO2/c1-9(2)14-8-7-10-5-3-4-6-11(10)12(14)13(15)16/h3-6,9,12H,7-8H2,1-2H3,(H,15,16). The third-order valence-corrected chi connectivity index (χ3v) is 3.22. The van der Waals surface area contributed by atoms with Gasteiger partial charge < -0.3 is 5.11 Å². The van der Waals surface area contributed by atoms with Crippen molar-refractivity contribution in [2.75, 3.05) is 6.54 Å². The molecule has 1 aromatic carbocycles. The van der Waals surface area contributed by atoms with E-state index in [2.05, 4.69) is 0 Å². The monoisotopic (exact) mass is 219 g/mol. The Kier molecular flexibility index (Phi) is 2.97. The molecule has 0 fully saturated rings. The Labute approximate surface area is 95.7 Å². The maximum absolute atomic E-state index is 11.4. The number of aliphatic carboxylic acids is 1. The van der Waals surface area contributed by atoms with Gasteiger partial charge in [-0.3, -0.25) is 9.69 Å². The molecule has 0 aliphatic carbocycles. The van der Waals surface area contributed by atoms with E-state index in [4.69, 9.17) is 0 Å². The third kappa shape index (κ3) is 1.83. The lowest BCUT2D eigenvalue weighted by Gasteiger charge is -2.37. The predicted octanol–water partition coefficient (Wildman–Crippen LogP) is 2.08. The van der Waals surface area contributed by atoms with E-state index in [9.17, 15) is 9.90 Å². The van der Waals surface area contributed by atoms with Crippen molar-refractivity contribution in [3.63, 3.8) is 0 Å². The number of nitrogens with zero attached hydrogens (tertiary/aromatic N) is 1. The summed E-state index contributed by atoms with van der Waals surface area (Å²) in [5.74, 6) is -0.749. The molecule has 0 radical (unpaired) electrons. The van der Waals surface area contributed by atoms with Gasteiger partial charge in [-0.2, -0.15) is 0 Å². The first-order valence-electron chi connectivity index (χ1n) is 5.67. The summed E-state index contributed by atoms with van der Waals surface area (Å²) in [6.45, 7) is 4.92. The number of hydrogen-bond acceptors (Lipinski definition) is 2. The van der Waals surface area contributed by atoms with E-state index in [0.29, 0.717) is 0 Å². The lowest BCUT2D eigenvalue weighted by molar-refractivity contribution is -0.144. The summed E-state index contributed by atoms with van der Waals surface area (Å²) in [5, 5.41) is 9.36. The zero-order chi connectivity index (χ0) is 11.7. The van der Waals surface area contributed by atoms with Crippen LogP contribution in [0.15, 0.2) is 24.3 Å². The van der Waals surface area contributed by atoms with Crippen LogP contribution in [-0.2, 0) is 11.2 Å². The molecule has 16 heavy (non-hydrogen) atoms. The summed E-state index contributed by atoms with van der Waals surface area (Å²) in [5.41, 5.74) is 2.13. The molecule has 1 aliphatic heterocycles. The molecule has 1 atom stereocenters. The van der Waals surface area contributed by atoms with E-state index in [-0.39, 0.29) is 6.04 Å². The Morgan fingerprint density at radius 3 is 2.75 bits per heavy atom. The second-order valence-electron chi connectivity index (χ2n) is 4.52. The molecule has 0 amide bonds. The number of carboxylic acids is 1. The Balaban J connectivity index is 2.43. The highest BCUT2D eigenvalue weighted by atomic mass is 16.4. The van der Waals surface area contributed by atoms with Gasteiger partial charge in [-0.05, 0) is 31.4 Å². The van der Waals surface area contributed by atoms with Gasteiger partial charge in [-0.15, -0.1) is 0 Å². The van der Waals surface area contributed by atoms with Crippen molar-refractivity contribution >= 4 is 5.97 Å². The second kappa shape index (κ2) is 4.26. The number of carbonyl (C=O) groups is 1. The largest absolute Gasteiger partial charge is 0.480 e. The topological polar surface area (TPSA) is 40.5 Å². The molecular weight excluding hydrogens is 202 g/mol. The van der Waals surface area contributed by atoms with Gasteiger partial charge in [0.05, 0.1) is 0 Å². The summed E-state index contributed by atoms with van der Waals surface area (Å²) < 4.78 is 0. The highest BCUT2D eigenvalue weighted by Gasteiger charge is 2.33. The average Bonchev–Trinajstić information content (AvgIpc) is 2.27. The van der Waals surface area contributed by atoms with Crippen LogP contribution >= 0.6 is 0 Å². The van der Waals surface area contributed by atoms with Gasteiger partial charge in [0.15, 0.2) is 0 Å². The number of benzene rings is 1. The summed E-state index contributed by atoms with van der Waals surface area (Å²) in [7, 11) is 0. The number of hydrogen-bond donors (Lipinski definition) is 1. The maximum atomic E-state index is 11.4. The van der Waals surface area contributed by atoms with Gasteiger partial charge in [0.25, 0.3) is 0 Å². The molecule has 0 aromatic heterocycles. The zero-order valence-corrected chi connectivity index (χ0v) is 9.68. The molecule has 1 aliphatic rings. The van der Waals surface area contributed by atoms with Crippen LogP contribution in [0.4, 0.5) is 0 Å². The Hall–Kier alpha value is -1.35. The minimum Gasteiger partial charge on any atom is -0.480 e. The molecule has 1 heterocycles. The molecule has 1 N–H and O–H groups in total. The van der Waals surface area contributed by atoms with Crippen molar-refractivity contribution in [3.8, 4) is 0 Å². The predicted molar refractivity (Wildman–Crippen MR) is 62.4 cm³/mol. The van der Waals surface area contributed by atoms with E-state index in [1.807, 2.05) is 43.0 Å². The first-order valence-corrected chi connectivity index (χ1v) is 5.67. The fourth-order valence-corrected chi connectivity index (χ4v) is 2.42. The normalized spacial score (nSPS) is 20.8. The smallest absolute Gasteiger partial charge is 0.325 e. The van der Waals surface area contributed by atoms with E-state index in [1.54, 1.807) is 0 Å². The van der Waals surface area contributed by atoms with Crippen molar-refractivity contribution in [2.45, 2.75) is 32.4 Å². The van der Waals surface area contributed by atoms with E-state index in [0.717, 1.165) is 18.5 Å². The Bertz CT molecular complexity index is 401. The zero-order valence-electron chi connectivity index (χ0n) is 9.68. The van der Waals surface area contributed by atoms with E-state index in [1.165, 1.54) is 5.56 Å². The summed E-state index contributed by atoms with van der Waals surface area (Å²) in [6.07, 6.45) is 0.943. The first-order chi connectivity index (χ1) is 7.61. The summed E-state index contributed by atoms with van der Waals surface area (Å²) in [6, 6.07) is 7.63. The Morgan fingerprint density at radius 2 is 2.12 bits per heavy atom. The van der Waals surface area contributed by atoms with Gasteiger partial charge in [-0.25, -0.2) is 0 Å². The molecule has 2 rings (SSSR count). The van der Waals surface area contributed by atoms with Crippen LogP contribution in [0.25, 0.3) is 0 Å². The SMILES string of the molecule is CC(C)N1CCc2ccccc2C1C(=O)O. The van der Waals surface area contributed by atoms with Crippen LogP contribution in [0.3, 0.4) is 0 Å². The minimum atomic E-state index is -0.749. The van der Waals surface area contributed by atoms with Gasteiger partial charge in [-0.1, -0.05) is 24.3 Å². The molecule has 0 spiro atoms. The lowest BCUT2D eigenvalue weighted by atomic mass is 9.91. The van der Waals surface area contributed by atoms with Crippen molar-refractivity contribution in [3.05, 3.63) is 35.4 Å². The molecule has 1 unspecified atom stereocenters. The van der Waals surface area contributed by atoms with Crippen LogP contribution in [0, 0.1) is 0 Å². The van der Waals surface area contributed by atoms with Gasteiger partial charge in [0, 0.05) is 12.6 Å². The highest BCUT2D eigenvalue weighted by Crippen LogP contribution is 2.31. The van der Waals surface area contributed by atoms with Crippen molar-refractivity contribution in [1.29, 1.82) is 0 Å². The lowest BCUT2D eigenvalue weighted by Crippen LogP contribution is -2.43. The van der Waals surface area contributed by atoms with Crippen LogP contribution < -0.4 is 0 Å². The quantitative estimate of drug-likeness (QED) is 0.828. The van der Waals surface area contributed by atoms with Gasteiger partial charge in [0.2, 0.25) is 0 Å². The molecule has 1 aromatic rings. The molecular formula is C13H17NO2. The first kappa shape index (κ1) is 11.1. The van der Waals surface area contributed by atoms with Crippen molar-refractivity contribution in [2.24, 2.45) is 0 Å². The molecule has 0 saturated carbocycles. The van der Waals surface area contributed by atoms with Gasteiger partial charge >= 0.3 is 5.97 Å². The van der Waals surface area contributed by atoms with Crippen LogP contribution in [0.5, 0.6) is 0 Å². The molecule has 3 heteroatoms. The minimum absolute atomic E-state index is 0.259. The summed E-state index contributed by atoms with van der Waals surface area (Å²) in [4.78, 5) is 13.4. The van der Waals surface area contributed by atoms with Crippen molar-refractivity contribution in [1.82, 2.24) is 4.90 Å². The third-order valence-electron chi connectivity index (χ3n) is 3.22. The highest BCUT2D eigenvalue weighted by molar-refractivity contribution is 5.76. The molecule has 0 saturated heterocycles. The van der Waals surface area contributed by atoms with Crippen molar-refractivity contribution < 1.29 is 9.90 Å². The fraction of sp³-hybridized carbons (Fsp3) is 0.462. The number of rotatable bonds is 2. The average molecular weight is 219 g/mol. The second-order valence-corrected chi connectivity index (χ2v) is 4.52.